The van der Waals surface area contributed by atoms with E-state index in [1.165, 1.54) is 11.1 Å². The van der Waals surface area contributed by atoms with Gasteiger partial charge in [-0.3, -0.25) is 4.79 Å². The van der Waals surface area contributed by atoms with Crippen LogP contribution in [0.5, 0.6) is 0 Å². The number of carbonyl (C=O) groups is 1. The largest absolute Gasteiger partial charge is 0.376 e. The van der Waals surface area contributed by atoms with Crippen LogP contribution in [-0.2, 0) is 22.5 Å². The number of carbonyl (C=O) groups excluding carboxylic acids is 1. The number of hydrogen-bond acceptors (Lipinski definition) is 4. The number of amides is 1. The van der Waals surface area contributed by atoms with E-state index in [4.69, 9.17) is 9.72 Å². The minimum Gasteiger partial charge on any atom is -0.376 e. The molecule has 5 heteroatoms. The van der Waals surface area contributed by atoms with Crippen molar-refractivity contribution < 1.29 is 9.53 Å². The third kappa shape index (κ3) is 5.06. The minimum absolute atomic E-state index is 0.101. The van der Waals surface area contributed by atoms with Crippen LogP contribution in [-0.4, -0.2) is 35.0 Å². The highest BCUT2D eigenvalue weighted by Crippen LogP contribution is 2.30. The number of ether oxygens (including phenoxy) is 1. The van der Waals surface area contributed by atoms with Crippen molar-refractivity contribution in [1.29, 1.82) is 0 Å². The molecule has 4 aromatic rings. The maximum absolute atomic E-state index is 13.5. The molecule has 1 aliphatic heterocycles. The zero-order valence-corrected chi connectivity index (χ0v) is 20.6. The number of benzene rings is 2. The third-order valence-corrected chi connectivity index (χ3v) is 7.28. The van der Waals surface area contributed by atoms with Crippen LogP contribution in [0.2, 0.25) is 0 Å². The maximum atomic E-state index is 13.5. The predicted molar refractivity (Wildman–Crippen MR) is 139 cm³/mol. The van der Waals surface area contributed by atoms with E-state index in [-0.39, 0.29) is 12.0 Å². The molecule has 1 fully saturated rings. The lowest BCUT2D eigenvalue weighted by atomic mass is 9.98. The molecule has 1 atom stereocenters. The van der Waals surface area contributed by atoms with Gasteiger partial charge in [0.05, 0.1) is 23.7 Å². The van der Waals surface area contributed by atoms with Crippen LogP contribution in [0, 0.1) is 13.8 Å². The van der Waals surface area contributed by atoms with E-state index in [0.717, 1.165) is 52.7 Å². The van der Waals surface area contributed by atoms with Crippen molar-refractivity contribution in [3.8, 4) is 11.3 Å². The van der Waals surface area contributed by atoms with Crippen molar-refractivity contribution in [3.63, 3.8) is 0 Å². The molecule has 0 aliphatic carbocycles. The van der Waals surface area contributed by atoms with Crippen LogP contribution in [0.25, 0.3) is 22.2 Å². The smallest absolute Gasteiger partial charge is 0.227 e. The van der Waals surface area contributed by atoms with Gasteiger partial charge in [-0.1, -0.05) is 35.9 Å². The fourth-order valence-electron chi connectivity index (χ4n) is 4.71. The summed E-state index contributed by atoms with van der Waals surface area (Å²) in [6.07, 6.45) is 2.57. The summed E-state index contributed by atoms with van der Waals surface area (Å²) in [5.74, 6) is 0.133. The van der Waals surface area contributed by atoms with Crippen LogP contribution in [0.15, 0.2) is 65.4 Å². The molecule has 4 nitrogen and oxygen atoms in total. The van der Waals surface area contributed by atoms with Crippen LogP contribution in [0.3, 0.4) is 0 Å². The summed E-state index contributed by atoms with van der Waals surface area (Å²) in [6, 6.07) is 19.0. The Hall–Kier alpha value is -3.02. The highest BCUT2D eigenvalue weighted by Gasteiger charge is 2.24. The molecule has 1 aliphatic rings. The molecular weight excluding hydrogens is 440 g/mol. The van der Waals surface area contributed by atoms with Crippen molar-refractivity contribution in [1.82, 2.24) is 9.88 Å². The van der Waals surface area contributed by atoms with Gasteiger partial charge in [-0.15, -0.1) is 0 Å². The number of fused-ring (bicyclic) bond motifs is 1. The summed E-state index contributed by atoms with van der Waals surface area (Å²) in [5.41, 5.74) is 7.56. The molecule has 1 unspecified atom stereocenters. The molecule has 5 rings (SSSR count). The molecule has 0 saturated carbocycles. The molecule has 174 valence electrons. The van der Waals surface area contributed by atoms with E-state index < -0.39 is 0 Å². The number of hydrogen-bond donors (Lipinski definition) is 0. The monoisotopic (exact) mass is 470 g/mol. The van der Waals surface area contributed by atoms with Crippen LogP contribution < -0.4 is 0 Å². The molecule has 0 bridgehead atoms. The van der Waals surface area contributed by atoms with Gasteiger partial charge in [0.15, 0.2) is 0 Å². The number of aromatic nitrogens is 1. The molecule has 34 heavy (non-hydrogen) atoms. The van der Waals surface area contributed by atoms with Gasteiger partial charge in [0, 0.05) is 30.6 Å². The summed E-state index contributed by atoms with van der Waals surface area (Å²) >= 11 is 1.63. The van der Waals surface area contributed by atoms with E-state index >= 15 is 0 Å². The molecular formula is C29H30N2O2S. The van der Waals surface area contributed by atoms with Gasteiger partial charge in [-0.25, -0.2) is 4.98 Å². The van der Waals surface area contributed by atoms with E-state index in [0.29, 0.717) is 19.5 Å². The molecule has 2 aromatic heterocycles. The zero-order chi connectivity index (χ0) is 23.5. The Kier molecular flexibility index (Phi) is 6.75. The second kappa shape index (κ2) is 10.1. The second-order valence-corrected chi connectivity index (χ2v) is 10.0. The second-order valence-electron chi connectivity index (χ2n) is 9.22. The first-order valence-corrected chi connectivity index (χ1v) is 12.9. The van der Waals surface area contributed by atoms with Gasteiger partial charge in [0.2, 0.25) is 5.91 Å². The lowest BCUT2D eigenvalue weighted by molar-refractivity contribution is -0.132. The highest BCUT2D eigenvalue weighted by molar-refractivity contribution is 7.08. The van der Waals surface area contributed by atoms with E-state index in [2.05, 4.69) is 67.8 Å². The molecule has 1 amide bonds. The third-order valence-electron chi connectivity index (χ3n) is 6.55. The molecule has 3 heterocycles. The summed E-state index contributed by atoms with van der Waals surface area (Å²) in [6.45, 7) is 6.13. The minimum atomic E-state index is 0.101. The summed E-state index contributed by atoms with van der Waals surface area (Å²) in [7, 11) is 0. The van der Waals surface area contributed by atoms with Crippen molar-refractivity contribution in [2.24, 2.45) is 0 Å². The fraction of sp³-hybridized carbons (Fsp3) is 0.310. The van der Waals surface area contributed by atoms with Crippen LogP contribution in [0.4, 0.5) is 0 Å². The molecule has 2 aromatic carbocycles. The molecule has 0 N–H and O–H groups in total. The van der Waals surface area contributed by atoms with Crippen molar-refractivity contribution in [2.45, 2.75) is 45.8 Å². The maximum Gasteiger partial charge on any atom is 0.227 e. The molecule has 0 spiro atoms. The van der Waals surface area contributed by atoms with E-state index in [1.807, 2.05) is 16.3 Å². The van der Waals surface area contributed by atoms with Gasteiger partial charge in [0.25, 0.3) is 0 Å². The van der Waals surface area contributed by atoms with Crippen LogP contribution in [0.1, 0.15) is 35.1 Å². The quantitative estimate of drug-likeness (QED) is 0.317. The first-order chi connectivity index (χ1) is 16.6. The standard InChI is InChI=1S/C29H30N2O2S/c1-20-9-10-27-23(14-20)16-24(29(30-27)26-8-4-3-6-21(26)2)17-31(18-25-7-5-12-33-25)28(32)15-22-11-13-34-19-22/h3-4,6,8-11,13-14,16,19,25H,5,7,12,15,17-18H2,1-2H3. The SMILES string of the molecule is Cc1ccc2nc(-c3ccccc3C)c(CN(CC3CCCO3)C(=O)Cc3ccsc3)cc2c1. The number of aryl methyl sites for hydroxylation is 2. The Morgan fingerprint density at radius 3 is 2.79 bits per heavy atom. The Bertz CT molecular complexity index is 1290. The fourth-order valence-corrected chi connectivity index (χ4v) is 5.37. The topological polar surface area (TPSA) is 42.4 Å². The van der Waals surface area contributed by atoms with Gasteiger partial charge in [-0.05, 0) is 78.4 Å². The van der Waals surface area contributed by atoms with Gasteiger partial charge >= 0.3 is 0 Å². The first kappa shape index (κ1) is 22.8. The highest BCUT2D eigenvalue weighted by atomic mass is 32.1. The van der Waals surface area contributed by atoms with Crippen molar-refractivity contribution in [3.05, 3.63) is 87.6 Å². The van der Waals surface area contributed by atoms with Crippen LogP contribution >= 0.6 is 11.3 Å². The predicted octanol–water partition coefficient (Wildman–Crippen LogP) is 6.33. The lowest BCUT2D eigenvalue weighted by Gasteiger charge is -2.27. The number of rotatable bonds is 7. The first-order valence-electron chi connectivity index (χ1n) is 11.9. The normalized spacial score (nSPS) is 15.6. The van der Waals surface area contributed by atoms with Gasteiger partial charge < -0.3 is 9.64 Å². The Balaban J connectivity index is 1.55. The average Bonchev–Trinajstić information content (AvgIpc) is 3.53. The van der Waals surface area contributed by atoms with Gasteiger partial charge in [-0.2, -0.15) is 11.3 Å². The van der Waals surface area contributed by atoms with Crippen molar-refractivity contribution >= 4 is 28.1 Å². The van der Waals surface area contributed by atoms with Crippen molar-refractivity contribution in [2.75, 3.05) is 13.2 Å². The van der Waals surface area contributed by atoms with E-state index in [9.17, 15) is 4.79 Å². The number of thiophene rings is 1. The average molecular weight is 471 g/mol. The molecule has 1 saturated heterocycles. The molecule has 0 radical (unpaired) electrons. The van der Waals surface area contributed by atoms with E-state index in [1.54, 1.807) is 11.3 Å². The van der Waals surface area contributed by atoms with Gasteiger partial charge in [0.1, 0.15) is 0 Å². The summed E-state index contributed by atoms with van der Waals surface area (Å²) in [5, 5.41) is 5.19. The Morgan fingerprint density at radius 2 is 2.03 bits per heavy atom. The number of pyridine rings is 1. The summed E-state index contributed by atoms with van der Waals surface area (Å²) in [4.78, 5) is 20.6. The summed E-state index contributed by atoms with van der Waals surface area (Å²) < 4.78 is 5.92. The Labute approximate surface area is 205 Å². The Morgan fingerprint density at radius 1 is 1.15 bits per heavy atom. The lowest BCUT2D eigenvalue weighted by Crippen LogP contribution is -2.38. The zero-order valence-electron chi connectivity index (χ0n) is 19.8. The number of nitrogens with zero attached hydrogens (tertiary/aromatic N) is 2.